The van der Waals surface area contributed by atoms with Crippen molar-refractivity contribution in [3.63, 3.8) is 0 Å². The highest BCUT2D eigenvalue weighted by Gasteiger charge is 2.60. The SMILES string of the molecule is CCC(F)(F)C1(c2cc(Cl)cc(Cl)c2)CC(c2ccc(C(=O)NCC(=O)NCC(F)(F)F)c(C)c2)=NO1. The fourth-order valence-corrected chi connectivity index (χ4v) is 4.36. The van der Waals surface area contributed by atoms with E-state index in [9.17, 15) is 22.8 Å². The normalized spacial score (nSPS) is 17.7. The van der Waals surface area contributed by atoms with Crippen LogP contribution in [0.5, 0.6) is 0 Å². The van der Waals surface area contributed by atoms with Gasteiger partial charge in [0.1, 0.15) is 6.54 Å². The maximum absolute atomic E-state index is 15.2. The number of alkyl halides is 5. The highest BCUT2D eigenvalue weighted by molar-refractivity contribution is 6.34. The summed E-state index contributed by atoms with van der Waals surface area (Å²) in [5.41, 5.74) is -0.922. The van der Waals surface area contributed by atoms with Crippen LogP contribution in [0.4, 0.5) is 22.0 Å². The van der Waals surface area contributed by atoms with Crippen molar-refractivity contribution in [2.24, 2.45) is 5.16 Å². The van der Waals surface area contributed by atoms with E-state index in [0.29, 0.717) is 11.1 Å². The van der Waals surface area contributed by atoms with Gasteiger partial charge in [-0.2, -0.15) is 13.2 Å². The second-order valence-electron chi connectivity index (χ2n) is 8.45. The summed E-state index contributed by atoms with van der Waals surface area (Å²) in [5.74, 6) is -5.05. The monoisotopic (exact) mass is 565 g/mol. The van der Waals surface area contributed by atoms with Gasteiger partial charge in [0.05, 0.1) is 12.3 Å². The molecule has 1 aliphatic heterocycles. The first-order valence-electron chi connectivity index (χ1n) is 11.0. The standard InChI is InChI=1S/C24H22Cl2F5N3O3/c1-3-23(27,28)22(15-7-16(25)9-17(26)8-15)10-19(34-37-22)14-4-5-18(13(2)6-14)21(36)32-11-20(35)33-12-24(29,30)31/h4-9H,3,10-12H2,1-2H3,(H,32,36)(H,33,35). The molecule has 2 N–H and O–H groups in total. The number of benzene rings is 2. The number of hydrogen-bond acceptors (Lipinski definition) is 4. The van der Waals surface area contributed by atoms with Gasteiger partial charge >= 0.3 is 6.18 Å². The van der Waals surface area contributed by atoms with Crippen molar-refractivity contribution < 1.29 is 36.4 Å². The van der Waals surface area contributed by atoms with Crippen LogP contribution < -0.4 is 10.6 Å². The quantitative estimate of drug-likeness (QED) is 0.398. The van der Waals surface area contributed by atoms with Gasteiger partial charge in [-0.3, -0.25) is 9.59 Å². The zero-order chi connectivity index (χ0) is 27.6. The van der Waals surface area contributed by atoms with Crippen molar-refractivity contribution in [1.29, 1.82) is 0 Å². The highest BCUT2D eigenvalue weighted by Crippen LogP contribution is 2.50. The number of rotatable bonds is 8. The summed E-state index contributed by atoms with van der Waals surface area (Å²) in [6.45, 7) is 0.715. The first-order chi connectivity index (χ1) is 17.2. The van der Waals surface area contributed by atoms with Gasteiger partial charge < -0.3 is 15.5 Å². The second kappa shape index (κ2) is 10.8. The molecule has 0 radical (unpaired) electrons. The van der Waals surface area contributed by atoms with E-state index in [1.807, 2.05) is 0 Å². The summed E-state index contributed by atoms with van der Waals surface area (Å²) in [6, 6.07) is 8.50. The lowest BCUT2D eigenvalue weighted by Crippen LogP contribution is -2.45. The third kappa shape index (κ3) is 6.51. The minimum atomic E-state index is -4.57. The van der Waals surface area contributed by atoms with Crippen LogP contribution in [0.25, 0.3) is 0 Å². The molecule has 200 valence electrons. The molecule has 0 saturated carbocycles. The van der Waals surface area contributed by atoms with E-state index in [-0.39, 0.29) is 33.3 Å². The van der Waals surface area contributed by atoms with Gasteiger partial charge in [-0.05, 0) is 48.4 Å². The number of nitrogens with zero attached hydrogens (tertiary/aromatic N) is 1. The second-order valence-corrected chi connectivity index (χ2v) is 9.33. The van der Waals surface area contributed by atoms with Crippen molar-refractivity contribution in [1.82, 2.24) is 10.6 Å². The van der Waals surface area contributed by atoms with Gasteiger partial charge in [0.25, 0.3) is 11.8 Å². The summed E-state index contributed by atoms with van der Waals surface area (Å²) < 4.78 is 67.0. The zero-order valence-corrected chi connectivity index (χ0v) is 21.1. The molecule has 1 unspecified atom stereocenters. The maximum Gasteiger partial charge on any atom is 0.405 e. The third-order valence-electron chi connectivity index (χ3n) is 5.79. The van der Waals surface area contributed by atoms with Crippen LogP contribution in [-0.2, 0) is 15.2 Å². The Kier molecular flexibility index (Phi) is 8.38. The van der Waals surface area contributed by atoms with Gasteiger partial charge in [0, 0.05) is 34.0 Å². The van der Waals surface area contributed by atoms with Gasteiger partial charge in [0.15, 0.2) is 0 Å². The van der Waals surface area contributed by atoms with Crippen LogP contribution in [0.1, 0.15) is 46.8 Å². The number of amides is 2. The number of nitrogens with one attached hydrogen (secondary N) is 2. The molecule has 2 amide bonds. The van der Waals surface area contributed by atoms with Crippen LogP contribution >= 0.6 is 23.2 Å². The lowest BCUT2D eigenvalue weighted by atomic mass is 9.80. The number of carbonyl (C=O) groups excluding carboxylic acids is 2. The lowest BCUT2D eigenvalue weighted by molar-refractivity contribution is -0.205. The number of oxime groups is 1. The van der Waals surface area contributed by atoms with E-state index in [1.54, 1.807) is 12.2 Å². The molecule has 37 heavy (non-hydrogen) atoms. The zero-order valence-electron chi connectivity index (χ0n) is 19.6. The van der Waals surface area contributed by atoms with Crippen LogP contribution in [0.15, 0.2) is 41.6 Å². The maximum atomic E-state index is 15.2. The topological polar surface area (TPSA) is 79.8 Å². The molecule has 2 aromatic rings. The van der Waals surface area contributed by atoms with Crippen LogP contribution in [-0.4, -0.2) is 42.7 Å². The number of carbonyl (C=O) groups is 2. The lowest BCUT2D eigenvalue weighted by Gasteiger charge is -2.34. The summed E-state index contributed by atoms with van der Waals surface area (Å²) in [6.07, 6.45) is -5.43. The molecule has 3 rings (SSSR count). The Bertz CT molecular complexity index is 1220. The summed E-state index contributed by atoms with van der Waals surface area (Å²) in [4.78, 5) is 29.4. The highest BCUT2D eigenvalue weighted by atomic mass is 35.5. The minimum Gasteiger partial charge on any atom is -0.377 e. The fraction of sp³-hybridized carbons (Fsp3) is 0.375. The Morgan fingerprint density at radius 3 is 2.27 bits per heavy atom. The number of hydrogen-bond donors (Lipinski definition) is 2. The Morgan fingerprint density at radius 1 is 1.05 bits per heavy atom. The molecular weight excluding hydrogens is 544 g/mol. The predicted octanol–water partition coefficient (Wildman–Crippen LogP) is 5.78. The molecule has 0 bridgehead atoms. The Morgan fingerprint density at radius 2 is 1.70 bits per heavy atom. The molecule has 2 aromatic carbocycles. The van der Waals surface area contributed by atoms with Crippen molar-refractivity contribution in [3.05, 3.63) is 68.7 Å². The Hall–Kier alpha value is -2.92. The van der Waals surface area contributed by atoms with Crippen molar-refractivity contribution in [2.45, 2.75) is 44.4 Å². The molecule has 0 saturated heterocycles. The van der Waals surface area contributed by atoms with E-state index in [1.165, 1.54) is 43.3 Å². The van der Waals surface area contributed by atoms with Crippen LogP contribution in [0.2, 0.25) is 10.0 Å². The van der Waals surface area contributed by atoms with Crippen molar-refractivity contribution in [3.8, 4) is 0 Å². The third-order valence-corrected chi connectivity index (χ3v) is 6.23. The molecule has 0 fully saturated rings. The van der Waals surface area contributed by atoms with Gasteiger partial charge in [0.2, 0.25) is 11.5 Å². The summed E-state index contributed by atoms with van der Waals surface area (Å²) in [7, 11) is 0. The van der Waals surface area contributed by atoms with Crippen molar-refractivity contribution in [2.75, 3.05) is 13.1 Å². The average Bonchev–Trinajstić information content (AvgIpc) is 3.27. The number of aryl methyl sites for hydroxylation is 1. The van der Waals surface area contributed by atoms with E-state index >= 15 is 8.78 Å². The van der Waals surface area contributed by atoms with E-state index in [4.69, 9.17) is 28.0 Å². The Labute approximate surface area is 219 Å². The van der Waals surface area contributed by atoms with E-state index in [2.05, 4.69) is 10.5 Å². The molecule has 0 aliphatic carbocycles. The van der Waals surface area contributed by atoms with E-state index < -0.39 is 49.0 Å². The molecule has 1 aliphatic rings. The molecule has 0 aromatic heterocycles. The molecule has 0 spiro atoms. The van der Waals surface area contributed by atoms with Gasteiger partial charge in [-0.1, -0.05) is 41.3 Å². The molecule has 13 heteroatoms. The van der Waals surface area contributed by atoms with E-state index in [0.717, 1.165) is 0 Å². The Balaban J connectivity index is 1.78. The van der Waals surface area contributed by atoms with Crippen LogP contribution in [0, 0.1) is 6.92 Å². The fourth-order valence-electron chi connectivity index (χ4n) is 3.84. The summed E-state index contributed by atoms with van der Waals surface area (Å²) in [5, 5.41) is 8.13. The minimum absolute atomic E-state index is 0.0621. The molecule has 1 atom stereocenters. The number of halogens is 7. The predicted molar refractivity (Wildman–Crippen MR) is 128 cm³/mol. The average molecular weight is 566 g/mol. The van der Waals surface area contributed by atoms with Gasteiger partial charge in [-0.15, -0.1) is 0 Å². The largest absolute Gasteiger partial charge is 0.405 e. The van der Waals surface area contributed by atoms with Gasteiger partial charge in [-0.25, -0.2) is 8.78 Å². The first-order valence-corrected chi connectivity index (χ1v) is 11.7. The first kappa shape index (κ1) is 28.6. The van der Waals surface area contributed by atoms with Crippen molar-refractivity contribution >= 4 is 40.7 Å². The smallest absolute Gasteiger partial charge is 0.377 e. The van der Waals surface area contributed by atoms with Crippen LogP contribution in [0.3, 0.4) is 0 Å². The molecular formula is C24H22Cl2F5N3O3. The molecule has 1 heterocycles. The molecule has 6 nitrogen and oxygen atoms in total. The summed E-state index contributed by atoms with van der Waals surface area (Å²) >= 11 is 12.1.